The largest absolute Gasteiger partial charge is 0.315 e. The number of thioether (sulfide) groups is 1. The molecule has 1 aliphatic rings. The van der Waals surface area contributed by atoms with Crippen LogP contribution in [-0.4, -0.2) is 18.3 Å². The lowest BCUT2D eigenvalue weighted by Crippen LogP contribution is -2.26. The normalized spacial score (nSPS) is 17.0. The van der Waals surface area contributed by atoms with Gasteiger partial charge in [0, 0.05) is 26.7 Å². The Hall–Kier alpha value is -0.670. The van der Waals surface area contributed by atoms with Crippen molar-refractivity contribution >= 4 is 35.0 Å². The Bertz CT molecular complexity index is 605. The fourth-order valence-corrected chi connectivity index (χ4v) is 4.36. The molecule has 1 atom stereocenters. The molecule has 0 saturated heterocycles. The van der Waals surface area contributed by atoms with Gasteiger partial charge in [0.05, 0.1) is 0 Å². The highest BCUT2D eigenvalue weighted by atomic mass is 35.5. The molecule has 1 heterocycles. The molecule has 1 nitrogen and oxygen atoms in total. The molecule has 2 aromatic rings. The molecule has 0 aromatic heterocycles. The zero-order valence-electron chi connectivity index (χ0n) is 11.6. The molecule has 1 N–H and O–H groups in total. The summed E-state index contributed by atoms with van der Waals surface area (Å²) >= 11 is 14.1. The monoisotopic (exact) mass is 337 g/mol. The molecule has 0 fully saturated rings. The van der Waals surface area contributed by atoms with E-state index in [2.05, 4.69) is 29.6 Å². The minimum absolute atomic E-state index is 0.642. The van der Waals surface area contributed by atoms with Gasteiger partial charge in [0.1, 0.15) is 0 Å². The second-order valence-corrected chi connectivity index (χ2v) is 7.43. The number of hydrogen-bond donors (Lipinski definition) is 1. The fourth-order valence-electron chi connectivity index (χ4n) is 2.58. The van der Waals surface area contributed by atoms with Crippen molar-refractivity contribution < 1.29 is 0 Å². The van der Waals surface area contributed by atoms with Crippen molar-refractivity contribution in [2.45, 2.75) is 23.0 Å². The SMILES string of the molecule is Clc1ccc(CCNCC2Cc3ccccc3S2)c(Cl)c1. The van der Waals surface area contributed by atoms with Crippen LogP contribution in [0.15, 0.2) is 47.4 Å². The summed E-state index contributed by atoms with van der Waals surface area (Å²) in [6, 6.07) is 14.4. The molecule has 1 aliphatic heterocycles. The third kappa shape index (κ3) is 3.95. The molecule has 0 spiro atoms. The van der Waals surface area contributed by atoms with Crippen LogP contribution in [0.1, 0.15) is 11.1 Å². The first kappa shape index (κ1) is 15.2. The van der Waals surface area contributed by atoms with E-state index in [1.165, 1.54) is 10.5 Å². The lowest BCUT2D eigenvalue weighted by Gasteiger charge is -2.11. The smallest absolute Gasteiger partial charge is 0.0453 e. The summed E-state index contributed by atoms with van der Waals surface area (Å²) in [4.78, 5) is 1.44. The zero-order valence-corrected chi connectivity index (χ0v) is 13.9. The average Bonchev–Trinajstić information content (AvgIpc) is 2.88. The van der Waals surface area contributed by atoms with Crippen LogP contribution in [0.25, 0.3) is 0 Å². The minimum Gasteiger partial charge on any atom is -0.315 e. The van der Waals surface area contributed by atoms with Gasteiger partial charge in [0.2, 0.25) is 0 Å². The first-order valence-electron chi connectivity index (χ1n) is 7.11. The lowest BCUT2D eigenvalue weighted by molar-refractivity contribution is 0.662. The molecule has 110 valence electrons. The van der Waals surface area contributed by atoms with Crippen molar-refractivity contribution in [3.63, 3.8) is 0 Å². The van der Waals surface area contributed by atoms with Gasteiger partial charge in [-0.05, 0) is 48.7 Å². The van der Waals surface area contributed by atoms with Crippen LogP contribution in [0.5, 0.6) is 0 Å². The van der Waals surface area contributed by atoms with E-state index in [-0.39, 0.29) is 0 Å². The molecule has 21 heavy (non-hydrogen) atoms. The first-order chi connectivity index (χ1) is 10.2. The van der Waals surface area contributed by atoms with Gasteiger partial charge < -0.3 is 5.32 Å². The molecule has 0 bridgehead atoms. The van der Waals surface area contributed by atoms with E-state index in [9.17, 15) is 0 Å². The van der Waals surface area contributed by atoms with E-state index in [0.717, 1.165) is 36.5 Å². The summed E-state index contributed by atoms with van der Waals surface area (Å²) in [6.45, 7) is 1.97. The fraction of sp³-hybridized carbons (Fsp3) is 0.294. The Morgan fingerprint density at radius 2 is 2.00 bits per heavy atom. The van der Waals surface area contributed by atoms with Crippen molar-refractivity contribution in [1.29, 1.82) is 0 Å². The van der Waals surface area contributed by atoms with Crippen molar-refractivity contribution in [3.8, 4) is 0 Å². The first-order valence-corrected chi connectivity index (χ1v) is 8.75. The molecule has 0 aliphatic carbocycles. The summed E-state index contributed by atoms with van der Waals surface area (Å²) < 4.78 is 0. The van der Waals surface area contributed by atoms with Gasteiger partial charge in [0.15, 0.2) is 0 Å². The highest BCUT2D eigenvalue weighted by Crippen LogP contribution is 2.36. The number of nitrogens with one attached hydrogen (secondary N) is 1. The van der Waals surface area contributed by atoms with Gasteiger partial charge in [-0.25, -0.2) is 0 Å². The summed E-state index contributed by atoms with van der Waals surface area (Å²) in [6.07, 6.45) is 2.09. The molecule has 0 radical (unpaired) electrons. The van der Waals surface area contributed by atoms with Crippen LogP contribution in [0, 0.1) is 0 Å². The van der Waals surface area contributed by atoms with Gasteiger partial charge in [0.25, 0.3) is 0 Å². The van der Waals surface area contributed by atoms with E-state index in [4.69, 9.17) is 23.2 Å². The highest BCUT2D eigenvalue weighted by Gasteiger charge is 2.20. The highest BCUT2D eigenvalue weighted by molar-refractivity contribution is 8.00. The Morgan fingerprint density at radius 1 is 1.14 bits per heavy atom. The second-order valence-electron chi connectivity index (χ2n) is 5.24. The topological polar surface area (TPSA) is 12.0 Å². The molecule has 4 heteroatoms. The van der Waals surface area contributed by atoms with Crippen LogP contribution >= 0.6 is 35.0 Å². The standard InChI is InChI=1S/C17H17Cl2NS/c18-14-6-5-12(16(19)10-14)7-8-20-11-15-9-13-3-1-2-4-17(13)21-15/h1-6,10,15,20H,7-9,11H2. The van der Waals surface area contributed by atoms with E-state index in [1.54, 1.807) is 0 Å². The van der Waals surface area contributed by atoms with Crippen molar-refractivity contribution in [1.82, 2.24) is 5.32 Å². The third-order valence-corrected chi connectivity index (χ3v) is 5.58. The van der Waals surface area contributed by atoms with Crippen LogP contribution in [0.2, 0.25) is 10.0 Å². The maximum atomic E-state index is 6.18. The molecule has 0 amide bonds. The Balaban J connectivity index is 1.43. The summed E-state index contributed by atoms with van der Waals surface area (Å²) in [5, 5.41) is 5.63. The zero-order chi connectivity index (χ0) is 14.7. The molecular formula is C17H17Cl2NS. The molecule has 0 saturated carbocycles. The molecule has 3 rings (SSSR count). The van der Waals surface area contributed by atoms with E-state index in [0.29, 0.717) is 10.3 Å². The number of benzene rings is 2. The predicted molar refractivity (Wildman–Crippen MR) is 92.8 cm³/mol. The Morgan fingerprint density at radius 3 is 2.81 bits per heavy atom. The summed E-state index contributed by atoms with van der Waals surface area (Å²) in [5.74, 6) is 0. The lowest BCUT2D eigenvalue weighted by atomic mass is 10.1. The maximum absolute atomic E-state index is 6.18. The quantitative estimate of drug-likeness (QED) is 0.783. The number of hydrogen-bond acceptors (Lipinski definition) is 2. The van der Waals surface area contributed by atoms with Crippen LogP contribution in [-0.2, 0) is 12.8 Å². The average molecular weight is 338 g/mol. The van der Waals surface area contributed by atoms with Crippen LogP contribution in [0.3, 0.4) is 0 Å². The van der Waals surface area contributed by atoms with Crippen molar-refractivity contribution in [2.75, 3.05) is 13.1 Å². The van der Waals surface area contributed by atoms with Crippen molar-refractivity contribution in [3.05, 3.63) is 63.6 Å². The molecular weight excluding hydrogens is 321 g/mol. The van der Waals surface area contributed by atoms with Crippen LogP contribution in [0.4, 0.5) is 0 Å². The van der Waals surface area contributed by atoms with Crippen LogP contribution < -0.4 is 5.32 Å². The minimum atomic E-state index is 0.642. The predicted octanol–water partition coefficient (Wildman–Crippen LogP) is 4.84. The molecule has 1 unspecified atom stereocenters. The van der Waals surface area contributed by atoms with Gasteiger partial charge in [-0.3, -0.25) is 0 Å². The van der Waals surface area contributed by atoms with Crippen molar-refractivity contribution in [2.24, 2.45) is 0 Å². The Kier molecular flexibility index (Phi) is 5.12. The third-order valence-electron chi connectivity index (χ3n) is 3.67. The second kappa shape index (κ2) is 7.06. The van der Waals surface area contributed by atoms with Gasteiger partial charge in [-0.1, -0.05) is 47.5 Å². The Labute approximate surface area is 140 Å². The number of halogens is 2. The number of fused-ring (bicyclic) bond motifs is 1. The van der Waals surface area contributed by atoms with Gasteiger partial charge >= 0.3 is 0 Å². The van der Waals surface area contributed by atoms with Gasteiger partial charge in [-0.15, -0.1) is 11.8 Å². The number of rotatable bonds is 5. The summed E-state index contributed by atoms with van der Waals surface area (Å²) in [5.41, 5.74) is 2.63. The van der Waals surface area contributed by atoms with E-state index in [1.807, 2.05) is 30.0 Å². The van der Waals surface area contributed by atoms with Gasteiger partial charge in [-0.2, -0.15) is 0 Å². The maximum Gasteiger partial charge on any atom is 0.0453 e. The van der Waals surface area contributed by atoms with E-state index < -0.39 is 0 Å². The van der Waals surface area contributed by atoms with E-state index >= 15 is 0 Å². The summed E-state index contributed by atoms with van der Waals surface area (Å²) in [7, 11) is 0. The molecule has 2 aromatic carbocycles.